The maximum absolute atomic E-state index is 12.5. The molecule has 0 spiro atoms. The predicted octanol–water partition coefficient (Wildman–Crippen LogP) is 4.19. The van der Waals surface area contributed by atoms with E-state index in [1.54, 1.807) is 29.2 Å². The van der Waals surface area contributed by atoms with Crippen molar-refractivity contribution in [3.8, 4) is 5.75 Å². The number of nitrogens with zero attached hydrogens (tertiary/aromatic N) is 4. The lowest BCUT2D eigenvalue weighted by Crippen LogP contribution is -2.10. The molecular formula is C23H25N5O3. The summed E-state index contributed by atoms with van der Waals surface area (Å²) in [6.45, 7) is 7.74. The van der Waals surface area contributed by atoms with Crippen molar-refractivity contribution in [2.45, 2.75) is 40.5 Å². The first-order chi connectivity index (χ1) is 15.0. The topological polar surface area (TPSA) is 87.1 Å². The first-order valence-electron chi connectivity index (χ1n) is 10.2. The average Bonchev–Trinajstić information content (AvgIpc) is 3.49. The van der Waals surface area contributed by atoms with Crippen molar-refractivity contribution in [2.75, 3.05) is 5.32 Å². The number of anilines is 1. The average molecular weight is 419 g/mol. The van der Waals surface area contributed by atoms with Crippen molar-refractivity contribution >= 4 is 11.6 Å². The maximum Gasteiger partial charge on any atom is 0.291 e. The van der Waals surface area contributed by atoms with Gasteiger partial charge in [0, 0.05) is 24.0 Å². The highest BCUT2D eigenvalue weighted by Crippen LogP contribution is 2.19. The van der Waals surface area contributed by atoms with Crippen molar-refractivity contribution < 1.29 is 13.9 Å². The molecule has 0 unspecified atom stereocenters. The quantitative estimate of drug-likeness (QED) is 0.463. The molecule has 31 heavy (non-hydrogen) atoms. The molecule has 0 aliphatic rings. The second-order valence-corrected chi connectivity index (χ2v) is 7.27. The van der Waals surface area contributed by atoms with Gasteiger partial charge in [-0.1, -0.05) is 18.2 Å². The molecule has 4 aromatic rings. The Kier molecular flexibility index (Phi) is 5.88. The van der Waals surface area contributed by atoms with Crippen molar-refractivity contribution in [2.24, 2.45) is 0 Å². The highest BCUT2D eigenvalue weighted by molar-refractivity contribution is 6.02. The number of furan rings is 1. The normalized spacial score (nSPS) is 10.9. The van der Waals surface area contributed by atoms with Gasteiger partial charge in [-0.15, -0.1) is 0 Å². The van der Waals surface area contributed by atoms with Crippen LogP contribution in [0.2, 0.25) is 0 Å². The third kappa shape index (κ3) is 4.69. The number of benzene rings is 1. The summed E-state index contributed by atoms with van der Waals surface area (Å²) >= 11 is 0. The van der Waals surface area contributed by atoms with Crippen LogP contribution in [-0.2, 0) is 19.7 Å². The lowest BCUT2D eigenvalue weighted by atomic mass is 10.2. The van der Waals surface area contributed by atoms with E-state index in [0.29, 0.717) is 18.0 Å². The maximum atomic E-state index is 12.5. The van der Waals surface area contributed by atoms with Gasteiger partial charge in [0.05, 0.1) is 24.6 Å². The third-order valence-electron chi connectivity index (χ3n) is 5.08. The van der Waals surface area contributed by atoms with Gasteiger partial charge < -0.3 is 14.5 Å². The van der Waals surface area contributed by atoms with Gasteiger partial charge in [0.2, 0.25) is 0 Å². The highest BCUT2D eigenvalue weighted by Gasteiger charge is 2.14. The minimum atomic E-state index is -0.336. The van der Waals surface area contributed by atoms with E-state index < -0.39 is 0 Å². The Balaban J connectivity index is 1.34. The minimum Gasteiger partial charge on any atom is -0.485 e. The molecule has 0 aliphatic heterocycles. The number of aromatic nitrogens is 4. The summed E-state index contributed by atoms with van der Waals surface area (Å²) < 4.78 is 15.1. The van der Waals surface area contributed by atoms with Crippen molar-refractivity contribution in [1.29, 1.82) is 0 Å². The molecular weight excluding hydrogens is 394 g/mol. The van der Waals surface area contributed by atoms with Crippen LogP contribution >= 0.6 is 0 Å². The molecule has 1 aromatic carbocycles. The molecule has 8 nitrogen and oxygen atoms in total. The first kappa shape index (κ1) is 20.5. The van der Waals surface area contributed by atoms with Crippen LogP contribution in [0.25, 0.3) is 0 Å². The summed E-state index contributed by atoms with van der Waals surface area (Å²) in [5.74, 6) is 1.25. The van der Waals surface area contributed by atoms with Crippen LogP contribution in [0.4, 0.5) is 5.69 Å². The molecule has 0 radical (unpaired) electrons. The molecule has 1 amide bonds. The zero-order valence-electron chi connectivity index (χ0n) is 17.8. The van der Waals surface area contributed by atoms with E-state index in [1.807, 2.05) is 49.0 Å². The summed E-state index contributed by atoms with van der Waals surface area (Å²) in [6, 6.07) is 11.1. The lowest BCUT2D eigenvalue weighted by molar-refractivity contribution is 0.0992. The SMILES string of the molecule is CCn1ncc(Cn2cc(NC(=O)c3ccc(COc4ccccc4C)o3)cn2)c1C. The molecule has 0 atom stereocenters. The van der Waals surface area contributed by atoms with Crippen molar-refractivity contribution in [3.05, 3.63) is 83.3 Å². The zero-order valence-corrected chi connectivity index (χ0v) is 17.8. The van der Waals surface area contributed by atoms with Gasteiger partial charge in [-0.25, -0.2) is 0 Å². The first-order valence-corrected chi connectivity index (χ1v) is 10.2. The Hall–Kier alpha value is -3.81. The molecule has 0 bridgehead atoms. The molecule has 3 aromatic heterocycles. The number of carbonyl (C=O) groups is 1. The van der Waals surface area contributed by atoms with Crippen LogP contribution in [0.15, 0.2) is 59.4 Å². The number of ether oxygens (including phenoxy) is 1. The van der Waals surface area contributed by atoms with Gasteiger partial charge in [0.25, 0.3) is 5.91 Å². The molecule has 0 aliphatic carbocycles. The summed E-state index contributed by atoms with van der Waals surface area (Å²) in [7, 11) is 0. The Labute approximate surface area is 180 Å². The summed E-state index contributed by atoms with van der Waals surface area (Å²) in [5, 5.41) is 11.5. The zero-order chi connectivity index (χ0) is 21.8. The van der Waals surface area contributed by atoms with E-state index in [4.69, 9.17) is 9.15 Å². The van der Waals surface area contributed by atoms with Crippen molar-refractivity contribution in [3.63, 3.8) is 0 Å². The summed E-state index contributed by atoms with van der Waals surface area (Å²) in [6.07, 6.45) is 5.25. The summed E-state index contributed by atoms with van der Waals surface area (Å²) in [4.78, 5) is 12.5. The smallest absolute Gasteiger partial charge is 0.291 e. The molecule has 0 fully saturated rings. The second kappa shape index (κ2) is 8.91. The Morgan fingerprint density at radius 2 is 1.97 bits per heavy atom. The fourth-order valence-electron chi connectivity index (χ4n) is 3.29. The highest BCUT2D eigenvalue weighted by atomic mass is 16.5. The van der Waals surface area contributed by atoms with Crippen LogP contribution in [0.1, 0.15) is 40.1 Å². The predicted molar refractivity (Wildman–Crippen MR) is 116 cm³/mol. The second-order valence-electron chi connectivity index (χ2n) is 7.27. The number of hydrogen-bond donors (Lipinski definition) is 1. The summed E-state index contributed by atoms with van der Waals surface area (Å²) in [5.41, 5.74) is 3.84. The third-order valence-corrected chi connectivity index (χ3v) is 5.08. The van der Waals surface area contributed by atoms with Gasteiger partial charge in [0.1, 0.15) is 18.1 Å². The van der Waals surface area contributed by atoms with Crippen LogP contribution < -0.4 is 10.1 Å². The number of para-hydroxylation sites is 1. The molecule has 4 rings (SSSR count). The standard InChI is InChI=1S/C23H25N5O3/c1-4-28-17(3)18(11-25-28)13-27-14-19(12-24-27)26-23(29)22-10-9-20(31-22)15-30-21-8-6-5-7-16(21)2/h5-12,14H,4,13,15H2,1-3H3,(H,26,29). The number of nitrogens with one attached hydrogen (secondary N) is 1. The van der Waals surface area contributed by atoms with E-state index in [2.05, 4.69) is 22.4 Å². The van der Waals surface area contributed by atoms with Gasteiger partial charge in [-0.05, 0) is 44.5 Å². The number of aryl methyl sites for hydroxylation is 2. The fourth-order valence-corrected chi connectivity index (χ4v) is 3.29. The molecule has 1 N–H and O–H groups in total. The largest absolute Gasteiger partial charge is 0.485 e. The van der Waals surface area contributed by atoms with Gasteiger partial charge in [-0.2, -0.15) is 10.2 Å². The van der Waals surface area contributed by atoms with Crippen molar-refractivity contribution in [1.82, 2.24) is 19.6 Å². The monoisotopic (exact) mass is 419 g/mol. The molecule has 8 heteroatoms. The Morgan fingerprint density at radius 3 is 2.74 bits per heavy atom. The molecule has 0 saturated heterocycles. The molecule has 3 heterocycles. The van der Waals surface area contributed by atoms with E-state index in [1.165, 1.54) is 0 Å². The lowest BCUT2D eigenvalue weighted by Gasteiger charge is -2.06. The van der Waals surface area contributed by atoms with Crippen LogP contribution in [-0.4, -0.2) is 25.5 Å². The van der Waals surface area contributed by atoms with Crippen LogP contribution in [0, 0.1) is 13.8 Å². The van der Waals surface area contributed by atoms with Crippen LogP contribution in [0.3, 0.4) is 0 Å². The van der Waals surface area contributed by atoms with E-state index in [9.17, 15) is 4.79 Å². The van der Waals surface area contributed by atoms with Gasteiger partial charge >= 0.3 is 0 Å². The fraction of sp³-hybridized carbons (Fsp3) is 0.261. The van der Waals surface area contributed by atoms with E-state index in [0.717, 1.165) is 29.1 Å². The molecule has 0 saturated carbocycles. The number of carbonyl (C=O) groups excluding carboxylic acids is 1. The number of hydrogen-bond acceptors (Lipinski definition) is 5. The number of rotatable bonds is 8. The van der Waals surface area contributed by atoms with Crippen LogP contribution in [0.5, 0.6) is 5.75 Å². The number of amides is 1. The van der Waals surface area contributed by atoms with E-state index >= 15 is 0 Å². The molecule has 160 valence electrons. The Morgan fingerprint density at radius 1 is 1.13 bits per heavy atom. The van der Waals surface area contributed by atoms with E-state index in [-0.39, 0.29) is 18.3 Å². The minimum absolute atomic E-state index is 0.219. The van der Waals surface area contributed by atoms with Gasteiger partial charge in [0.15, 0.2) is 5.76 Å². The van der Waals surface area contributed by atoms with Gasteiger partial charge in [-0.3, -0.25) is 14.2 Å². The Bertz CT molecular complexity index is 1190.